The number of aromatic nitrogens is 2. The molecule has 19 heavy (non-hydrogen) atoms. The minimum absolute atomic E-state index is 0.314. The maximum Gasteiger partial charge on any atom is 0.328 e. The van der Waals surface area contributed by atoms with E-state index in [1.54, 1.807) is 29.1 Å². The molecule has 98 valence electrons. The number of para-hydroxylation sites is 1. The van der Waals surface area contributed by atoms with Crippen molar-refractivity contribution >= 4 is 12.0 Å². The SMILES string of the molecule is CCc1nccn1-c1c(F)cccc1/C=C/C(=O)O. The summed E-state index contributed by atoms with van der Waals surface area (Å²) in [5.74, 6) is -0.771. The number of carboxylic acids is 1. The number of carboxylic acid groups (broad SMARTS) is 1. The second-order valence-corrected chi connectivity index (χ2v) is 3.92. The highest BCUT2D eigenvalue weighted by atomic mass is 19.1. The number of hydrogen-bond donors (Lipinski definition) is 1. The monoisotopic (exact) mass is 260 g/mol. The molecule has 1 aromatic heterocycles. The predicted molar refractivity (Wildman–Crippen MR) is 69.6 cm³/mol. The third kappa shape index (κ3) is 2.70. The fraction of sp³-hybridized carbons (Fsp3) is 0.143. The molecular formula is C14H13FN2O2. The van der Waals surface area contributed by atoms with E-state index < -0.39 is 11.8 Å². The summed E-state index contributed by atoms with van der Waals surface area (Å²) in [6.45, 7) is 1.92. The first-order valence-corrected chi connectivity index (χ1v) is 5.85. The fourth-order valence-electron chi connectivity index (χ4n) is 1.88. The lowest BCUT2D eigenvalue weighted by Gasteiger charge is -2.11. The quantitative estimate of drug-likeness (QED) is 0.860. The van der Waals surface area contributed by atoms with Crippen LogP contribution in [0.15, 0.2) is 36.7 Å². The van der Waals surface area contributed by atoms with Crippen LogP contribution >= 0.6 is 0 Å². The Hall–Kier alpha value is -2.43. The van der Waals surface area contributed by atoms with E-state index >= 15 is 0 Å². The lowest BCUT2D eigenvalue weighted by molar-refractivity contribution is -0.131. The van der Waals surface area contributed by atoms with Gasteiger partial charge in [-0.15, -0.1) is 0 Å². The summed E-state index contributed by atoms with van der Waals surface area (Å²) in [5.41, 5.74) is 0.810. The molecule has 0 amide bonds. The molecule has 0 radical (unpaired) electrons. The van der Waals surface area contributed by atoms with Crippen LogP contribution in [0.1, 0.15) is 18.3 Å². The largest absolute Gasteiger partial charge is 0.478 e. The standard InChI is InChI=1S/C14H13FN2O2/c1-2-12-16-8-9-17(12)14-10(6-7-13(18)19)4-3-5-11(14)15/h3-9H,2H2,1H3,(H,18,19)/b7-6+. The van der Waals surface area contributed by atoms with E-state index in [2.05, 4.69) is 4.98 Å². The van der Waals surface area contributed by atoms with Gasteiger partial charge in [0.2, 0.25) is 0 Å². The van der Waals surface area contributed by atoms with Crippen molar-refractivity contribution in [3.8, 4) is 5.69 Å². The van der Waals surface area contributed by atoms with Crippen molar-refractivity contribution < 1.29 is 14.3 Å². The molecule has 4 nitrogen and oxygen atoms in total. The normalized spacial score (nSPS) is 11.1. The van der Waals surface area contributed by atoms with Gasteiger partial charge in [-0.2, -0.15) is 0 Å². The maximum atomic E-state index is 14.0. The molecule has 0 unspecified atom stereocenters. The summed E-state index contributed by atoms with van der Waals surface area (Å²) in [6.07, 6.45) is 6.27. The van der Waals surface area contributed by atoms with E-state index in [1.807, 2.05) is 6.92 Å². The molecular weight excluding hydrogens is 247 g/mol. The summed E-state index contributed by atoms with van der Waals surface area (Å²) >= 11 is 0. The van der Waals surface area contributed by atoms with Crippen LogP contribution < -0.4 is 0 Å². The minimum Gasteiger partial charge on any atom is -0.478 e. The van der Waals surface area contributed by atoms with Crippen LogP contribution in [-0.2, 0) is 11.2 Å². The van der Waals surface area contributed by atoms with Crippen molar-refractivity contribution in [3.05, 3.63) is 53.9 Å². The van der Waals surface area contributed by atoms with Gasteiger partial charge in [0.25, 0.3) is 0 Å². The van der Waals surface area contributed by atoms with Crippen molar-refractivity contribution in [2.45, 2.75) is 13.3 Å². The predicted octanol–water partition coefficient (Wildman–Crippen LogP) is 2.67. The molecule has 0 atom stereocenters. The highest BCUT2D eigenvalue weighted by Crippen LogP contribution is 2.21. The van der Waals surface area contributed by atoms with Crippen molar-refractivity contribution in [1.82, 2.24) is 9.55 Å². The number of hydrogen-bond acceptors (Lipinski definition) is 2. The van der Waals surface area contributed by atoms with Gasteiger partial charge < -0.3 is 9.67 Å². The zero-order valence-corrected chi connectivity index (χ0v) is 10.4. The Morgan fingerprint density at radius 2 is 2.32 bits per heavy atom. The van der Waals surface area contributed by atoms with Crippen LogP contribution in [-0.4, -0.2) is 20.6 Å². The molecule has 0 spiro atoms. The van der Waals surface area contributed by atoms with Crippen LogP contribution in [0.2, 0.25) is 0 Å². The summed E-state index contributed by atoms with van der Waals surface area (Å²) in [7, 11) is 0. The molecule has 1 heterocycles. The van der Waals surface area contributed by atoms with Crippen molar-refractivity contribution in [2.24, 2.45) is 0 Å². The Kier molecular flexibility index (Phi) is 3.75. The first kappa shape index (κ1) is 13.0. The summed E-state index contributed by atoms with van der Waals surface area (Å²) in [4.78, 5) is 14.7. The summed E-state index contributed by atoms with van der Waals surface area (Å²) < 4.78 is 15.7. The Morgan fingerprint density at radius 3 is 3.00 bits per heavy atom. The second-order valence-electron chi connectivity index (χ2n) is 3.92. The van der Waals surface area contributed by atoms with Crippen LogP contribution in [0, 0.1) is 5.82 Å². The molecule has 5 heteroatoms. The van der Waals surface area contributed by atoms with Crippen LogP contribution in [0.3, 0.4) is 0 Å². The molecule has 1 aromatic carbocycles. The van der Waals surface area contributed by atoms with E-state index in [9.17, 15) is 9.18 Å². The lowest BCUT2D eigenvalue weighted by Crippen LogP contribution is -2.04. The van der Waals surface area contributed by atoms with E-state index in [0.29, 0.717) is 17.7 Å². The molecule has 2 aromatic rings. The van der Waals surface area contributed by atoms with Crippen molar-refractivity contribution in [3.63, 3.8) is 0 Å². The van der Waals surface area contributed by atoms with Gasteiger partial charge in [0.15, 0.2) is 0 Å². The Balaban J connectivity index is 2.58. The van der Waals surface area contributed by atoms with E-state index in [4.69, 9.17) is 5.11 Å². The second kappa shape index (κ2) is 5.48. The highest BCUT2D eigenvalue weighted by Gasteiger charge is 2.11. The molecule has 1 N–H and O–H groups in total. The zero-order valence-electron chi connectivity index (χ0n) is 10.4. The van der Waals surface area contributed by atoms with Crippen LogP contribution in [0.25, 0.3) is 11.8 Å². The highest BCUT2D eigenvalue weighted by molar-refractivity contribution is 5.86. The van der Waals surface area contributed by atoms with Gasteiger partial charge in [-0.25, -0.2) is 14.2 Å². The molecule has 0 aliphatic heterocycles. The van der Waals surface area contributed by atoms with Gasteiger partial charge in [-0.05, 0) is 12.1 Å². The Morgan fingerprint density at radius 1 is 1.53 bits per heavy atom. The Bertz CT molecular complexity index is 632. The summed E-state index contributed by atoms with van der Waals surface area (Å²) in [6, 6.07) is 4.55. The molecule has 0 aliphatic carbocycles. The number of aliphatic carboxylic acids is 1. The first-order chi connectivity index (χ1) is 9.13. The molecule has 0 saturated heterocycles. The average molecular weight is 260 g/mol. The molecule has 0 saturated carbocycles. The van der Waals surface area contributed by atoms with Crippen molar-refractivity contribution in [1.29, 1.82) is 0 Å². The number of nitrogens with zero attached hydrogens (tertiary/aromatic N) is 2. The number of halogens is 1. The van der Waals surface area contributed by atoms with E-state index in [0.717, 1.165) is 11.9 Å². The summed E-state index contributed by atoms with van der Waals surface area (Å²) in [5, 5.41) is 8.67. The van der Waals surface area contributed by atoms with Gasteiger partial charge in [-0.3, -0.25) is 0 Å². The number of imidazole rings is 1. The lowest BCUT2D eigenvalue weighted by atomic mass is 10.1. The maximum absolute atomic E-state index is 14.0. The van der Waals surface area contributed by atoms with E-state index in [-0.39, 0.29) is 0 Å². The van der Waals surface area contributed by atoms with Gasteiger partial charge in [0.1, 0.15) is 11.6 Å². The van der Waals surface area contributed by atoms with Crippen LogP contribution in [0.5, 0.6) is 0 Å². The van der Waals surface area contributed by atoms with Gasteiger partial charge in [0.05, 0.1) is 5.69 Å². The molecule has 2 rings (SSSR count). The molecule has 0 aliphatic rings. The van der Waals surface area contributed by atoms with Gasteiger partial charge in [0, 0.05) is 30.5 Å². The third-order valence-corrected chi connectivity index (χ3v) is 2.70. The minimum atomic E-state index is -1.07. The Labute approximate surface area is 109 Å². The number of rotatable bonds is 4. The number of benzene rings is 1. The molecule has 0 bridgehead atoms. The fourth-order valence-corrected chi connectivity index (χ4v) is 1.88. The topological polar surface area (TPSA) is 55.1 Å². The smallest absolute Gasteiger partial charge is 0.328 e. The molecule has 0 fully saturated rings. The van der Waals surface area contributed by atoms with Gasteiger partial charge >= 0.3 is 5.97 Å². The number of carbonyl (C=O) groups is 1. The van der Waals surface area contributed by atoms with Gasteiger partial charge in [-0.1, -0.05) is 19.1 Å². The third-order valence-electron chi connectivity index (χ3n) is 2.70. The first-order valence-electron chi connectivity index (χ1n) is 5.85. The average Bonchev–Trinajstić information content (AvgIpc) is 2.84. The van der Waals surface area contributed by atoms with E-state index in [1.165, 1.54) is 12.1 Å². The van der Waals surface area contributed by atoms with Crippen LogP contribution in [0.4, 0.5) is 4.39 Å². The zero-order chi connectivity index (χ0) is 13.8. The van der Waals surface area contributed by atoms with Crippen molar-refractivity contribution in [2.75, 3.05) is 0 Å². The number of aryl methyl sites for hydroxylation is 1.